The van der Waals surface area contributed by atoms with Crippen molar-refractivity contribution >= 4 is 16.7 Å². The second-order valence-electron chi connectivity index (χ2n) is 6.86. The van der Waals surface area contributed by atoms with E-state index in [0.717, 1.165) is 16.3 Å². The average Bonchev–Trinajstić information content (AvgIpc) is 2.92. The Morgan fingerprint density at radius 1 is 1.50 bits per heavy atom. The number of aromatic nitrogens is 1. The molecule has 0 radical (unpaired) electrons. The number of hydrogen-bond donors (Lipinski definition) is 2. The molecule has 0 spiro atoms. The molecular formula is C18H21NO5. The Hall–Kier alpha value is -2.18. The van der Waals surface area contributed by atoms with Gasteiger partial charge < -0.3 is 24.9 Å². The fourth-order valence-corrected chi connectivity index (χ4v) is 3.15. The summed E-state index contributed by atoms with van der Waals surface area (Å²) in [5, 5.41) is 32.5. The highest BCUT2D eigenvalue weighted by Gasteiger charge is 2.36. The molecule has 0 amide bonds. The van der Waals surface area contributed by atoms with Crippen LogP contribution in [0.5, 0.6) is 5.75 Å². The lowest BCUT2D eigenvalue weighted by atomic mass is 9.96. The molecule has 6 nitrogen and oxygen atoms in total. The third kappa shape index (κ3) is 2.72. The predicted molar refractivity (Wildman–Crippen MR) is 84.4 cm³/mol. The summed E-state index contributed by atoms with van der Waals surface area (Å²) in [5.74, 6) is -0.684. The zero-order valence-electron chi connectivity index (χ0n) is 13.9. The largest absolute Gasteiger partial charge is 0.543 e. The van der Waals surface area contributed by atoms with E-state index in [-0.39, 0.29) is 6.10 Å². The lowest BCUT2D eigenvalue weighted by molar-refractivity contribution is -0.721. The number of aliphatic carboxylic acids is 1. The van der Waals surface area contributed by atoms with Crippen LogP contribution < -0.4 is 14.4 Å². The Kier molecular flexibility index (Phi) is 3.97. The molecule has 6 heteroatoms. The molecule has 2 N–H and O–H groups in total. The molecule has 1 aromatic carbocycles. The van der Waals surface area contributed by atoms with E-state index in [9.17, 15) is 20.1 Å². The highest BCUT2D eigenvalue weighted by molar-refractivity contribution is 5.89. The molecule has 128 valence electrons. The van der Waals surface area contributed by atoms with Gasteiger partial charge in [0.2, 0.25) is 6.04 Å². The van der Waals surface area contributed by atoms with Crippen molar-refractivity contribution in [2.24, 2.45) is 0 Å². The molecule has 2 heterocycles. The summed E-state index contributed by atoms with van der Waals surface area (Å²) in [4.78, 5) is 11.3. The van der Waals surface area contributed by atoms with Gasteiger partial charge in [0.05, 0.1) is 11.0 Å². The monoisotopic (exact) mass is 331 g/mol. The Balaban J connectivity index is 2.15. The molecule has 0 fully saturated rings. The summed E-state index contributed by atoms with van der Waals surface area (Å²) < 4.78 is 7.45. The number of pyridine rings is 1. The molecular weight excluding hydrogens is 310 g/mol. The zero-order chi connectivity index (χ0) is 17.6. The number of hydrogen-bond acceptors (Lipinski definition) is 5. The van der Waals surface area contributed by atoms with Gasteiger partial charge in [0, 0.05) is 19.4 Å². The second kappa shape index (κ2) is 5.72. The molecule has 0 saturated carbocycles. The molecule has 0 bridgehead atoms. The molecule has 1 aliphatic heterocycles. The number of aryl methyl sites for hydroxylation is 1. The maximum atomic E-state index is 11.3. The first-order valence-corrected chi connectivity index (χ1v) is 7.90. The van der Waals surface area contributed by atoms with Crippen molar-refractivity contribution in [1.82, 2.24) is 0 Å². The Morgan fingerprint density at radius 3 is 2.79 bits per heavy atom. The van der Waals surface area contributed by atoms with Gasteiger partial charge in [0.1, 0.15) is 24.4 Å². The summed E-state index contributed by atoms with van der Waals surface area (Å²) in [6.07, 6.45) is 1.90. The van der Waals surface area contributed by atoms with Gasteiger partial charge in [-0.3, -0.25) is 0 Å². The highest BCUT2D eigenvalue weighted by atomic mass is 16.5. The SMILES string of the molecule is Cc1cc2ccc3c(c2c[n+]1[C@@H](CO)C(=O)[O-])O[C@@H](C(C)(C)O)C3. The number of nitrogens with zero attached hydrogens (tertiary/aromatic N) is 1. The minimum atomic E-state index is -1.34. The predicted octanol–water partition coefficient (Wildman–Crippen LogP) is -0.207. The minimum Gasteiger partial charge on any atom is -0.543 e. The zero-order valence-corrected chi connectivity index (χ0v) is 13.9. The van der Waals surface area contributed by atoms with Gasteiger partial charge in [0.15, 0.2) is 11.9 Å². The summed E-state index contributed by atoms with van der Waals surface area (Å²) in [6, 6.07) is 4.61. The quantitative estimate of drug-likeness (QED) is 0.757. The summed E-state index contributed by atoms with van der Waals surface area (Å²) in [7, 11) is 0. The molecule has 0 unspecified atom stereocenters. The van der Waals surface area contributed by atoms with Crippen molar-refractivity contribution in [3.8, 4) is 5.75 Å². The van der Waals surface area contributed by atoms with Crippen molar-refractivity contribution in [2.75, 3.05) is 6.61 Å². The first-order chi connectivity index (χ1) is 11.2. The van der Waals surface area contributed by atoms with E-state index >= 15 is 0 Å². The van der Waals surface area contributed by atoms with Crippen LogP contribution in [0.3, 0.4) is 0 Å². The van der Waals surface area contributed by atoms with Gasteiger partial charge in [-0.1, -0.05) is 12.1 Å². The summed E-state index contributed by atoms with van der Waals surface area (Å²) in [6.45, 7) is 4.63. The number of carboxylic acids is 1. The maximum absolute atomic E-state index is 11.3. The fourth-order valence-electron chi connectivity index (χ4n) is 3.15. The number of rotatable bonds is 4. The van der Waals surface area contributed by atoms with Crippen molar-refractivity contribution in [1.29, 1.82) is 0 Å². The van der Waals surface area contributed by atoms with Crippen LogP contribution in [-0.2, 0) is 11.2 Å². The van der Waals surface area contributed by atoms with Gasteiger partial charge in [-0.15, -0.1) is 0 Å². The molecule has 24 heavy (non-hydrogen) atoms. The van der Waals surface area contributed by atoms with E-state index in [4.69, 9.17) is 4.74 Å². The van der Waals surface area contributed by atoms with Crippen LogP contribution in [-0.4, -0.2) is 34.5 Å². The lowest BCUT2D eigenvalue weighted by Crippen LogP contribution is -2.52. The van der Waals surface area contributed by atoms with Crippen LogP contribution in [0.2, 0.25) is 0 Å². The maximum Gasteiger partial charge on any atom is 0.220 e. The number of benzene rings is 1. The summed E-state index contributed by atoms with van der Waals surface area (Å²) >= 11 is 0. The number of aliphatic hydroxyl groups is 2. The summed E-state index contributed by atoms with van der Waals surface area (Å²) in [5.41, 5.74) is 0.687. The normalized spacial score (nSPS) is 18.3. The average molecular weight is 331 g/mol. The van der Waals surface area contributed by atoms with E-state index in [1.165, 1.54) is 4.57 Å². The minimum absolute atomic E-state index is 0.359. The standard InChI is InChI=1S/C18H21NO5/c1-10-6-11-4-5-12-7-15(18(2,3)23)24-16(12)13(11)8-19(10)14(9-20)17(21)22/h4-6,8,14-15,20,23H,7,9H2,1-3H3/t14-,15+/m0/s1. The molecule has 1 aliphatic rings. The van der Waals surface area contributed by atoms with Gasteiger partial charge in [-0.25, -0.2) is 0 Å². The Morgan fingerprint density at radius 2 is 2.21 bits per heavy atom. The van der Waals surface area contributed by atoms with Gasteiger partial charge in [0.25, 0.3) is 0 Å². The molecule has 2 atom stereocenters. The topological polar surface area (TPSA) is 93.7 Å². The first kappa shape index (κ1) is 16.7. The Labute approximate surface area is 139 Å². The van der Waals surface area contributed by atoms with E-state index < -0.39 is 24.2 Å². The second-order valence-corrected chi connectivity index (χ2v) is 6.86. The molecule has 0 aliphatic carbocycles. The van der Waals surface area contributed by atoms with Crippen LogP contribution >= 0.6 is 0 Å². The lowest BCUT2D eigenvalue weighted by Gasteiger charge is -2.24. The molecule has 0 saturated heterocycles. The number of carbonyl (C=O) groups excluding carboxylic acids is 1. The number of carbonyl (C=O) groups is 1. The van der Waals surface area contributed by atoms with E-state index in [1.807, 2.05) is 18.2 Å². The molecule has 2 aromatic rings. The smallest absolute Gasteiger partial charge is 0.220 e. The highest BCUT2D eigenvalue weighted by Crippen LogP contribution is 2.38. The van der Waals surface area contributed by atoms with Crippen molar-refractivity contribution < 1.29 is 29.4 Å². The van der Waals surface area contributed by atoms with Gasteiger partial charge in [-0.2, -0.15) is 4.57 Å². The number of ether oxygens (including phenoxy) is 1. The van der Waals surface area contributed by atoms with Crippen molar-refractivity contribution in [3.63, 3.8) is 0 Å². The van der Waals surface area contributed by atoms with Crippen LogP contribution in [0.1, 0.15) is 31.1 Å². The van der Waals surface area contributed by atoms with Crippen molar-refractivity contribution in [2.45, 2.75) is 44.9 Å². The first-order valence-electron chi connectivity index (χ1n) is 7.90. The Bertz CT molecular complexity index is 809. The van der Waals surface area contributed by atoms with Gasteiger partial charge in [-0.05, 0) is 24.8 Å². The third-order valence-corrected chi connectivity index (χ3v) is 4.59. The third-order valence-electron chi connectivity index (χ3n) is 4.59. The van der Waals surface area contributed by atoms with Crippen LogP contribution in [0.25, 0.3) is 10.8 Å². The number of carboxylic acid groups (broad SMARTS) is 1. The molecule has 3 rings (SSSR count). The van der Waals surface area contributed by atoms with Gasteiger partial charge >= 0.3 is 0 Å². The van der Waals surface area contributed by atoms with E-state index in [0.29, 0.717) is 17.9 Å². The van der Waals surface area contributed by atoms with E-state index in [1.54, 1.807) is 27.0 Å². The number of aliphatic hydroxyl groups excluding tert-OH is 1. The van der Waals surface area contributed by atoms with Crippen LogP contribution in [0, 0.1) is 6.92 Å². The fraction of sp³-hybridized carbons (Fsp3) is 0.444. The van der Waals surface area contributed by atoms with E-state index in [2.05, 4.69) is 0 Å². The number of fused-ring (bicyclic) bond motifs is 3. The van der Waals surface area contributed by atoms with Crippen LogP contribution in [0.15, 0.2) is 24.4 Å². The van der Waals surface area contributed by atoms with Crippen molar-refractivity contribution in [3.05, 3.63) is 35.7 Å². The van der Waals surface area contributed by atoms with Crippen LogP contribution in [0.4, 0.5) is 0 Å². The molecule has 1 aromatic heterocycles.